The molecule has 0 radical (unpaired) electrons. The third-order valence-electron chi connectivity index (χ3n) is 7.37. The van der Waals surface area contributed by atoms with E-state index in [0.717, 1.165) is 94.5 Å². The van der Waals surface area contributed by atoms with Gasteiger partial charge in [0.2, 0.25) is 0 Å². The van der Waals surface area contributed by atoms with E-state index in [4.69, 9.17) is 19.9 Å². The number of rotatable bonds is 2. The Hall–Kier alpha value is -4.91. The molecule has 4 aromatic carbocycles. The average molecular weight is 480 g/mol. The van der Waals surface area contributed by atoms with Crippen LogP contribution in [0, 0.1) is 6.92 Å². The van der Waals surface area contributed by atoms with Crippen LogP contribution in [0.2, 0.25) is 0 Å². The highest BCUT2D eigenvalue weighted by molar-refractivity contribution is 6.24. The van der Waals surface area contributed by atoms with Crippen LogP contribution in [-0.2, 0) is 6.42 Å². The van der Waals surface area contributed by atoms with Crippen LogP contribution < -0.4 is 0 Å². The molecule has 0 fully saturated rings. The molecule has 37 heavy (non-hydrogen) atoms. The van der Waals surface area contributed by atoms with E-state index in [9.17, 15) is 0 Å². The van der Waals surface area contributed by atoms with Crippen molar-refractivity contribution >= 4 is 65.3 Å². The Morgan fingerprint density at radius 1 is 0.703 bits per heavy atom. The van der Waals surface area contributed by atoms with E-state index >= 15 is 0 Å². The minimum absolute atomic E-state index is 0.796. The summed E-state index contributed by atoms with van der Waals surface area (Å²) >= 11 is 0. The third kappa shape index (κ3) is 2.79. The van der Waals surface area contributed by atoms with Crippen LogP contribution >= 0.6 is 0 Å². The van der Waals surface area contributed by atoms with Crippen molar-refractivity contribution in [3.8, 4) is 11.1 Å². The summed E-state index contributed by atoms with van der Waals surface area (Å²) in [6, 6.07) is 17.3. The lowest BCUT2D eigenvalue weighted by Gasteiger charge is -2.10. The number of hydrogen-bond acceptors (Lipinski definition) is 5. The number of aromatic nitrogens is 7. The van der Waals surface area contributed by atoms with Crippen molar-refractivity contribution in [2.45, 2.75) is 20.3 Å². The van der Waals surface area contributed by atoms with Gasteiger partial charge in [0.05, 0.1) is 28.3 Å². The Bertz CT molecular complexity index is 2200. The lowest BCUT2D eigenvalue weighted by molar-refractivity contribution is 1.00. The molecule has 2 N–H and O–H groups in total. The number of H-pyrrole nitrogens is 2. The molecule has 0 amide bonds. The molecule has 0 aliphatic carbocycles. The van der Waals surface area contributed by atoms with Crippen molar-refractivity contribution in [2.24, 2.45) is 0 Å². The van der Waals surface area contributed by atoms with Crippen molar-refractivity contribution in [3.05, 3.63) is 78.8 Å². The number of benzene rings is 4. The largest absolute Gasteiger partial charge is 0.342 e. The average Bonchev–Trinajstić information content (AvgIpc) is 3.57. The smallest absolute Gasteiger partial charge is 0.129 e. The molecule has 8 aromatic rings. The minimum Gasteiger partial charge on any atom is -0.342 e. The summed E-state index contributed by atoms with van der Waals surface area (Å²) in [7, 11) is 0. The van der Waals surface area contributed by atoms with E-state index in [0.29, 0.717) is 0 Å². The molecule has 176 valence electrons. The van der Waals surface area contributed by atoms with Crippen LogP contribution in [-0.4, -0.2) is 35.1 Å². The van der Waals surface area contributed by atoms with Crippen molar-refractivity contribution in [1.82, 2.24) is 35.1 Å². The third-order valence-corrected chi connectivity index (χ3v) is 7.37. The van der Waals surface area contributed by atoms with E-state index in [1.165, 1.54) is 0 Å². The first kappa shape index (κ1) is 20.3. The summed E-state index contributed by atoms with van der Waals surface area (Å²) in [5.74, 6) is 1.76. The second kappa shape index (κ2) is 7.30. The van der Waals surface area contributed by atoms with Crippen LogP contribution in [0.5, 0.6) is 0 Å². The van der Waals surface area contributed by atoms with Gasteiger partial charge in [0, 0.05) is 51.1 Å². The zero-order chi connectivity index (χ0) is 24.7. The number of fused-ring (bicyclic) bond motifs is 12. The normalized spacial score (nSPS) is 12.2. The van der Waals surface area contributed by atoms with Crippen LogP contribution in [0.3, 0.4) is 0 Å². The fourth-order valence-electron chi connectivity index (χ4n) is 5.67. The number of hydrogen-bond donors (Lipinski definition) is 2. The van der Waals surface area contributed by atoms with Gasteiger partial charge < -0.3 is 4.98 Å². The maximum absolute atomic E-state index is 4.85. The second-order valence-corrected chi connectivity index (χ2v) is 9.52. The van der Waals surface area contributed by atoms with Crippen LogP contribution in [0.1, 0.15) is 18.6 Å². The fraction of sp³-hybridized carbons (Fsp3) is 0.100. The number of aromatic amines is 2. The van der Waals surface area contributed by atoms with Gasteiger partial charge in [-0.05, 0) is 47.7 Å². The van der Waals surface area contributed by atoms with E-state index in [1.807, 2.05) is 31.6 Å². The molecule has 4 heterocycles. The number of aryl methyl sites for hydroxylation is 2. The van der Waals surface area contributed by atoms with Gasteiger partial charge in [-0.15, -0.1) is 0 Å². The summed E-state index contributed by atoms with van der Waals surface area (Å²) in [6.45, 7) is 4.08. The first-order valence-corrected chi connectivity index (χ1v) is 12.4. The van der Waals surface area contributed by atoms with Crippen molar-refractivity contribution in [1.29, 1.82) is 0 Å². The predicted octanol–water partition coefficient (Wildman–Crippen LogP) is 6.77. The number of nitrogens with zero attached hydrogens (tertiary/aromatic N) is 5. The summed E-state index contributed by atoms with van der Waals surface area (Å²) in [5.41, 5.74) is 7.09. The molecule has 0 aliphatic heterocycles. The molecular weight excluding hydrogens is 458 g/mol. The molecule has 7 nitrogen and oxygen atoms in total. The Morgan fingerprint density at radius 3 is 2.32 bits per heavy atom. The second-order valence-electron chi connectivity index (χ2n) is 9.52. The highest BCUT2D eigenvalue weighted by Gasteiger charge is 2.16. The predicted molar refractivity (Wildman–Crippen MR) is 149 cm³/mol. The van der Waals surface area contributed by atoms with Crippen LogP contribution in [0.4, 0.5) is 0 Å². The Balaban J connectivity index is 1.43. The maximum Gasteiger partial charge on any atom is 0.129 e. The molecule has 0 spiro atoms. The van der Waals surface area contributed by atoms with Gasteiger partial charge in [0.1, 0.15) is 17.2 Å². The summed E-state index contributed by atoms with van der Waals surface area (Å²) in [5, 5.41) is 14.9. The highest BCUT2D eigenvalue weighted by Crippen LogP contribution is 2.38. The van der Waals surface area contributed by atoms with E-state index < -0.39 is 0 Å². The number of imidazole rings is 2. The molecule has 4 aromatic heterocycles. The topological polar surface area (TPSA) is 96.0 Å². The molecule has 0 aliphatic rings. The molecular formula is C30H21N7. The van der Waals surface area contributed by atoms with Gasteiger partial charge >= 0.3 is 0 Å². The highest BCUT2D eigenvalue weighted by atomic mass is 15.1. The summed E-state index contributed by atoms with van der Waals surface area (Å²) < 4.78 is 0. The molecule has 8 rings (SSSR count). The summed E-state index contributed by atoms with van der Waals surface area (Å²) in [4.78, 5) is 22.6. The minimum atomic E-state index is 0.796. The number of pyridine rings is 1. The maximum atomic E-state index is 4.85. The summed E-state index contributed by atoms with van der Waals surface area (Å²) in [6.07, 6.45) is 6.45. The zero-order valence-electron chi connectivity index (χ0n) is 20.3. The first-order valence-electron chi connectivity index (χ1n) is 12.4. The van der Waals surface area contributed by atoms with Gasteiger partial charge in [0.15, 0.2) is 0 Å². The van der Waals surface area contributed by atoms with E-state index in [2.05, 4.69) is 64.6 Å². The van der Waals surface area contributed by atoms with Gasteiger partial charge in [-0.2, -0.15) is 5.10 Å². The first-order chi connectivity index (χ1) is 18.2. The van der Waals surface area contributed by atoms with Gasteiger partial charge in [-0.1, -0.05) is 31.2 Å². The molecule has 7 heteroatoms. The Kier molecular flexibility index (Phi) is 4.01. The van der Waals surface area contributed by atoms with E-state index in [1.54, 1.807) is 0 Å². The van der Waals surface area contributed by atoms with Crippen molar-refractivity contribution < 1.29 is 0 Å². The van der Waals surface area contributed by atoms with Crippen molar-refractivity contribution in [2.75, 3.05) is 0 Å². The Labute approximate surface area is 210 Å². The zero-order valence-corrected chi connectivity index (χ0v) is 20.3. The van der Waals surface area contributed by atoms with Gasteiger partial charge in [0.25, 0.3) is 0 Å². The molecule has 0 saturated carbocycles. The Morgan fingerprint density at radius 2 is 1.49 bits per heavy atom. The lowest BCUT2D eigenvalue weighted by Crippen LogP contribution is -1.88. The molecule has 0 bridgehead atoms. The van der Waals surface area contributed by atoms with Gasteiger partial charge in [-0.3, -0.25) is 10.1 Å². The van der Waals surface area contributed by atoms with Crippen LogP contribution in [0.15, 0.2) is 67.1 Å². The van der Waals surface area contributed by atoms with Crippen LogP contribution in [0.25, 0.3) is 76.4 Å². The monoisotopic (exact) mass is 479 g/mol. The standard InChI is InChI=1S/C30H21N7/c1-3-25-36-28-18-8-6-16(11-21(18)23-13-32-33-14-24(23)30(28)37-25)17-7-9-19-22(12-17)26-20(5-4-10-31-26)29-27(19)34-15(2)35-29/h4-14,32H,3H2,1-2H3,(H,34,35). The SMILES string of the molecule is CCc1nc2c3ccc(-c4ccc5c(c4)c4ncccc4c4nc(C)[nH]c54)cc3c3c[nH]ncc3c2n1. The van der Waals surface area contributed by atoms with Gasteiger partial charge in [-0.25, -0.2) is 15.0 Å². The quantitative estimate of drug-likeness (QED) is 0.267. The lowest BCUT2D eigenvalue weighted by atomic mass is 9.95. The molecule has 0 unspecified atom stereocenters. The molecule has 0 atom stereocenters. The van der Waals surface area contributed by atoms with E-state index in [-0.39, 0.29) is 0 Å². The van der Waals surface area contributed by atoms with Crippen molar-refractivity contribution in [3.63, 3.8) is 0 Å². The molecule has 0 saturated heterocycles. The fourth-order valence-corrected chi connectivity index (χ4v) is 5.67. The number of nitrogens with one attached hydrogen (secondary N) is 2.